The van der Waals surface area contributed by atoms with Crippen LogP contribution < -0.4 is 15.0 Å². The number of ether oxygens (including phenoxy) is 2. The second-order valence-corrected chi connectivity index (χ2v) is 7.46. The minimum absolute atomic E-state index is 0.166. The molecule has 2 aliphatic rings. The lowest BCUT2D eigenvalue weighted by Gasteiger charge is -2.35. The van der Waals surface area contributed by atoms with E-state index in [0.29, 0.717) is 13.1 Å². The van der Waals surface area contributed by atoms with E-state index in [0.717, 1.165) is 48.0 Å². The van der Waals surface area contributed by atoms with Crippen LogP contribution in [0.15, 0.2) is 29.1 Å². The first-order valence-corrected chi connectivity index (χ1v) is 9.51. The number of hydrogen-bond acceptors (Lipinski definition) is 5. The van der Waals surface area contributed by atoms with E-state index in [2.05, 4.69) is 4.90 Å². The highest BCUT2D eigenvalue weighted by atomic mass is 16.7. The highest BCUT2D eigenvalue weighted by molar-refractivity contribution is 5.95. The van der Waals surface area contributed by atoms with Crippen molar-refractivity contribution in [1.82, 2.24) is 14.4 Å². The molecule has 0 saturated carbocycles. The predicted molar refractivity (Wildman–Crippen MR) is 105 cm³/mol. The van der Waals surface area contributed by atoms with Crippen molar-refractivity contribution >= 4 is 5.91 Å². The van der Waals surface area contributed by atoms with Crippen LogP contribution in [0.3, 0.4) is 0 Å². The number of carbonyl (C=O) groups is 1. The van der Waals surface area contributed by atoms with Gasteiger partial charge in [0.15, 0.2) is 11.5 Å². The van der Waals surface area contributed by atoms with E-state index >= 15 is 0 Å². The van der Waals surface area contributed by atoms with E-state index in [-0.39, 0.29) is 23.8 Å². The molecule has 148 valence electrons. The van der Waals surface area contributed by atoms with Crippen LogP contribution in [0.1, 0.15) is 27.2 Å². The Balaban J connectivity index is 1.41. The first kappa shape index (κ1) is 18.6. The Hall–Kier alpha value is -2.80. The molecule has 1 aromatic carbocycles. The van der Waals surface area contributed by atoms with Gasteiger partial charge in [-0.3, -0.25) is 14.5 Å². The van der Waals surface area contributed by atoms with Crippen molar-refractivity contribution in [2.24, 2.45) is 7.05 Å². The van der Waals surface area contributed by atoms with Crippen molar-refractivity contribution in [3.8, 4) is 11.5 Å². The summed E-state index contributed by atoms with van der Waals surface area (Å²) in [7, 11) is 1.71. The third-order valence-electron chi connectivity index (χ3n) is 5.58. The van der Waals surface area contributed by atoms with Crippen LogP contribution in [-0.4, -0.2) is 53.2 Å². The highest BCUT2D eigenvalue weighted by Gasteiger charge is 2.26. The third-order valence-corrected chi connectivity index (χ3v) is 5.58. The number of amides is 1. The fourth-order valence-electron chi connectivity index (χ4n) is 3.80. The van der Waals surface area contributed by atoms with E-state index in [1.165, 1.54) is 4.57 Å². The van der Waals surface area contributed by atoms with Crippen molar-refractivity contribution < 1.29 is 14.3 Å². The summed E-state index contributed by atoms with van der Waals surface area (Å²) in [5.41, 5.74) is 2.83. The molecule has 2 aliphatic heterocycles. The molecule has 7 heteroatoms. The largest absolute Gasteiger partial charge is 0.454 e. The van der Waals surface area contributed by atoms with Crippen LogP contribution in [0.2, 0.25) is 0 Å². The average molecular weight is 383 g/mol. The Morgan fingerprint density at radius 1 is 1.04 bits per heavy atom. The number of benzene rings is 1. The summed E-state index contributed by atoms with van der Waals surface area (Å²) >= 11 is 0. The summed E-state index contributed by atoms with van der Waals surface area (Å²) in [5, 5.41) is 0. The standard InChI is InChI=1S/C21H25N3O4/c1-14-10-15(2)22(3)20(25)19(14)21(26)24-8-6-23(7-9-24)12-16-4-5-17-18(11-16)28-13-27-17/h4-5,10-11H,6-9,12-13H2,1-3H3. The molecule has 1 fully saturated rings. The van der Waals surface area contributed by atoms with Gasteiger partial charge in [-0.25, -0.2) is 0 Å². The normalized spacial score (nSPS) is 16.5. The summed E-state index contributed by atoms with van der Waals surface area (Å²) in [4.78, 5) is 29.6. The van der Waals surface area contributed by atoms with Crippen molar-refractivity contribution in [3.05, 3.63) is 57.0 Å². The molecular formula is C21H25N3O4. The summed E-state index contributed by atoms with van der Waals surface area (Å²) in [6.07, 6.45) is 0. The quantitative estimate of drug-likeness (QED) is 0.807. The Kier molecular flexibility index (Phi) is 4.85. The van der Waals surface area contributed by atoms with Crippen molar-refractivity contribution in [3.63, 3.8) is 0 Å². The maximum Gasteiger partial charge on any atom is 0.263 e. The summed E-state index contributed by atoms with van der Waals surface area (Å²) < 4.78 is 12.3. The second-order valence-electron chi connectivity index (χ2n) is 7.46. The average Bonchev–Trinajstić information content (AvgIpc) is 3.14. The molecule has 0 bridgehead atoms. The van der Waals surface area contributed by atoms with Crippen LogP contribution in [0.25, 0.3) is 0 Å². The highest BCUT2D eigenvalue weighted by Crippen LogP contribution is 2.32. The van der Waals surface area contributed by atoms with Crippen molar-refractivity contribution in [2.45, 2.75) is 20.4 Å². The number of rotatable bonds is 3. The third kappa shape index (κ3) is 3.38. The van der Waals surface area contributed by atoms with Gasteiger partial charge >= 0.3 is 0 Å². The molecular weight excluding hydrogens is 358 g/mol. The zero-order chi connectivity index (χ0) is 19.8. The number of aromatic nitrogens is 1. The van der Waals surface area contributed by atoms with Gasteiger partial charge in [-0.05, 0) is 43.2 Å². The smallest absolute Gasteiger partial charge is 0.263 e. The molecule has 2 aromatic rings. The molecule has 28 heavy (non-hydrogen) atoms. The van der Waals surface area contributed by atoms with Gasteiger partial charge in [-0.2, -0.15) is 0 Å². The lowest BCUT2D eigenvalue weighted by Crippen LogP contribution is -2.49. The monoisotopic (exact) mass is 383 g/mol. The van der Waals surface area contributed by atoms with Gasteiger partial charge in [0, 0.05) is 45.5 Å². The molecule has 0 unspecified atom stereocenters. The fraction of sp³-hybridized carbons (Fsp3) is 0.429. The van der Waals surface area contributed by atoms with Gasteiger partial charge < -0.3 is 18.9 Å². The maximum absolute atomic E-state index is 13.0. The zero-order valence-corrected chi connectivity index (χ0v) is 16.5. The van der Waals surface area contributed by atoms with E-state index in [4.69, 9.17) is 9.47 Å². The van der Waals surface area contributed by atoms with Crippen LogP contribution in [0.4, 0.5) is 0 Å². The Morgan fingerprint density at radius 3 is 2.50 bits per heavy atom. The lowest BCUT2D eigenvalue weighted by molar-refractivity contribution is 0.0625. The number of piperazine rings is 1. The predicted octanol–water partition coefficient (Wildman–Crippen LogP) is 1.69. The van der Waals surface area contributed by atoms with E-state index < -0.39 is 0 Å². The SMILES string of the molecule is Cc1cc(C)n(C)c(=O)c1C(=O)N1CCN(Cc2ccc3c(c2)OCO3)CC1. The summed E-state index contributed by atoms with van der Waals surface area (Å²) in [5.74, 6) is 1.41. The second kappa shape index (κ2) is 7.31. The molecule has 1 aromatic heterocycles. The minimum Gasteiger partial charge on any atom is -0.454 e. The first-order chi connectivity index (χ1) is 13.4. The van der Waals surface area contributed by atoms with Gasteiger partial charge in [-0.15, -0.1) is 0 Å². The van der Waals surface area contributed by atoms with Gasteiger partial charge in [-0.1, -0.05) is 6.07 Å². The first-order valence-electron chi connectivity index (χ1n) is 9.51. The van der Waals surface area contributed by atoms with Crippen LogP contribution >= 0.6 is 0 Å². The topological polar surface area (TPSA) is 64.0 Å². The molecule has 0 aliphatic carbocycles. The number of pyridine rings is 1. The Bertz CT molecular complexity index is 974. The Morgan fingerprint density at radius 2 is 1.75 bits per heavy atom. The molecule has 0 N–H and O–H groups in total. The van der Waals surface area contributed by atoms with E-state index in [9.17, 15) is 9.59 Å². The van der Waals surface area contributed by atoms with Crippen LogP contribution in [0, 0.1) is 13.8 Å². The molecule has 0 spiro atoms. The minimum atomic E-state index is -0.217. The number of aryl methyl sites for hydroxylation is 2. The molecule has 4 rings (SSSR count). The zero-order valence-electron chi connectivity index (χ0n) is 16.5. The number of hydrogen-bond donors (Lipinski definition) is 0. The van der Waals surface area contributed by atoms with Gasteiger partial charge in [0.25, 0.3) is 11.5 Å². The maximum atomic E-state index is 13.0. The van der Waals surface area contributed by atoms with Gasteiger partial charge in [0.2, 0.25) is 6.79 Å². The van der Waals surface area contributed by atoms with Crippen LogP contribution in [0.5, 0.6) is 11.5 Å². The summed E-state index contributed by atoms with van der Waals surface area (Å²) in [6.45, 7) is 7.53. The van der Waals surface area contributed by atoms with Crippen molar-refractivity contribution in [2.75, 3.05) is 33.0 Å². The molecule has 1 amide bonds. The molecule has 3 heterocycles. The summed E-state index contributed by atoms with van der Waals surface area (Å²) in [6, 6.07) is 7.89. The molecule has 7 nitrogen and oxygen atoms in total. The Labute approximate surface area is 164 Å². The van der Waals surface area contributed by atoms with E-state index in [1.54, 1.807) is 11.9 Å². The van der Waals surface area contributed by atoms with Gasteiger partial charge in [0.05, 0.1) is 0 Å². The number of nitrogens with zero attached hydrogens (tertiary/aromatic N) is 3. The van der Waals surface area contributed by atoms with Gasteiger partial charge in [0.1, 0.15) is 5.56 Å². The molecule has 0 radical (unpaired) electrons. The van der Waals surface area contributed by atoms with E-state index in [1.807, 2.05) is 38.1 Å². The fourth-order valence-corrected chi connectivity index (χ4v) is 3.80. The lowest BCUT2D eigenvalue weighted by atomic mass is 10.1. The van der Waals surface area contributed by atoms with Crippen LogP contribution in [-0.2, 0) is 13.6 Å². The van der Waals surface area contributed by atoms with Crippen molar-refractivity contribution in [1.29, 1.82) is 0 Å². The molecule has 0 atom stereocenters. The number of fused-ring (bicyclic) bond motifs is 1. The molecule has 1 saturated heterocycles. The number of carbonyl (C=O) groups excluding carboxylic acids is 1.